The number of para-hydroxylation sites is 2. The third kappa shape index (κ3) is 6.27. The van der Waals surface area contributed by atoms with Crippen LogP contribution >= 0.6 is 0 Å². The third-order valence-electron chi connectivity index (χ3n) is 8.60. The van der Waals surface area contributed by atoms with Crippen LogP contribution in [0.25, 0.3) is 50.0 Å². The summed E-state index contributed by atoms with van der Waals surface area (Å²) >= 11 is 0. The summed E-state index contributed by atoms with van der Waals surface area (Å²) in [5.74, 6) is 1.24. The molecule has 48 heavy (non-hydrogen) atoms. The van der Waals surface area contributed by atoms with E-state index in [0.29, 0.717) is 17.3 Å². The van der Waals surface area contributed by atoms with Crippen LogP contribution in [0.5, 0.6) is 17.4 Å². The number of benzene rings is 4. The Morgan fingerprint density at radius 2 is 1.44 bits per heavy atom. The van der Waals surface area contributed by atoms with Crippen LogP contribution in [0.2, 0.25) is 0 Å². The van der Waals surface area contributed by atoms with E-state index in [1.807, 2.05) is 60.7 Å². The maximum Gasteiger partial charge on any atom is 0.217 e. The molecule has 0 saturated carbocycles. The maximum atomic E-state index is 11.1. The molecule has 0 bridgehead atoms. The summed E-state index contributed by atoms with van der Waals surface area (Å²) in [6.45, 7) is 13.3. The van der Waals surface area contributed by atoms with Crippen LogP contribution in [0.1, 0.15) is 52.7 Å². The predicted octanol–water partition coefficient (Wildman–Crippen LogP) is 10.8. The second kappa shape index (κ2) is 12.7. The van der Waals surface area contributed by atoms with E-state index in [0.717, 1.165) is 49.9 Å². The van der Waals surface area contributed by atoms with Gasteiger partial charge in [-0.25, -0.2) is 4.98 Å². The van der Waals surface area contributed by atoms with E-state index >= 15 is 0 Å². The number of phenolic OH excluding ortho intramolecular Hbond substituents is 1. The standard InChI is InChI=1S/C42H38N3O2.Pt/c1-41(2,3)30-19-20-35-32(25-30)33-26-34(42(4,5)6)39(44-40(33)45(35)36-16-10-11-17-37(36)46)29-22-28(27-14-8-7-9-15-27)23-31(24-29)47-38-18-12-13-21-43-38;/h7-23,25-26,46H,1-6H3;/q-1;. The van der Waals surface area contributed by atoms with Gasteiger partial charge in [0.15, 0.2) is 0 Å². The molecule has 0 spiro atoms. The number of ether oxygens (including phenoxy) is 1. The summed E-state index contributed by atoms with van der Waals surface area (Å²) in [5, 5.41) is 13.3. The van der Waals surface area contributed by atoms with Crippen molar-refractivity contribution in [3.63, 3.8) is 0 Å². The molecule has 3 aromatic heterocycles. The van der Waals surface area contributed by atoms with Crippen LogP contribution in [0.3, 0.4) is 0 Å². The molecule has 5 nitrogen and oxygen atoms in total. The van der Waals surface area contributed by atoms with E-state index in [1.165, 1.54) is 5.56 Å². The van der Waals surface area contributed by atoms with Gasteiger partial charge in [-0.05, 0) is 58.0 Å². The molecule has 6 heteroatoms. The maximum absolute atomic E-state index is 11.1. The zero-order valence-corrected chi connectivity index (χ0v) is 30.3. The number of aromatic hydroxyl groups is 1. The summed E-state index contributed by atoms with van der Waals surface area (Å²) < 4.78 is 8.36. The zero-order chi connectivity index (χ0) is 32.9. The quantitative estimate of drug-likeness (QED) is 0.176. The smallest absolute Gasteiger partial charge is 0.217 e. The van der Waals surface area contributed by atoms with Crippen molar-refractivity contribution < 1.29 is 30.9 Å². The van der Waals surface area contributed by atoms with Crippen molar-refractivity contribution in [3.05, 3.63) is 133 Å². The Labute approximate surface area is 296 Å². The normalized spacial score (nSPS) is 11.9. The Hall–Kier alpha value is -4.73. The van der Waals surface area contributed by atoms with Crippen LogP contribution in [0.15, 0.2) is 115 Å². The number of rotatable bonds is 5. The number of nitrogens with zero attached hydrogens (tertiary/aromatic N) is 3. The minimum atomic E-state index is -0.250. The third-order valence-corrected chi connectivity index (χ3v) is 8.60. The average molecular weight is 812 g/mol. The van der Waals surface area contributed by atoms with Crippen molar-refractivity contribution in [1.82, 2.24) is 14.5 Å². The predicted molar refractivity (Wildman–Crippen MR) is 192 cm³/mol. The first kappa shape index (κ1) is 33.2. The first-order chi connectivity index (χ1) is 22.5. The zero-order valence-electron chi connectivity index (χ0n) is 28.0. The van der Waals surface area contributed by atoms with Gasteiger partial charge in [-0.3, -0.25) is 9.55 Å². The monoisotopic (exact) mass is 811 g/mol. The van der Waals surface area contributed by atoms with E-state index in [4.69, 9.17) is 9.72 Å². The van der Waals surface area contributed by atoms with Crippen molar-refractivity contribution in [2.24, 2.45) is 0 Å². The van der Waals surface area contributed by atoms with Crippen molar-refractivity contribution in [2.45, 2.75) is 52.4 Å². The van der Waals surface area contributed by atoms with Gasteiger partial charge in [0.25, 0.3) is 0 Å². The van der Waals surface area contributed by atoms with Crippen LogP contribution in [-0.4, -0.2) is 19.6 Å². The molecule has 0 aliphatic carbocycles. The number of hydrogen-bond acceptors (Lipinski definition) is 4. The molecule has 4 aromatic carbocycles. The van der Waals surface area contributed by atoms with Gasteiger partial charge in [0.05, 0.1) is 11.2 Å². The molecule has 0 aliphatic heterocycles. The summed E-state index contributed by atoms with van der Waals surface area (Å²) in [7, 11) is 0. The Kier molecular flexibility index (Phi) is 8.78. The fourth-order valence-corrected chi connectivity index (χ4v) is 6.12. The van der Waals surface area contributed by atoms with Crippen molar-refractivity contribution >= 4 is 21.9 Å². The molecule has 0 fully saturated rings. The molecule has 1 N–H and O–H groups in total. The first-order valence-corrected chi connectivity index (χ1v) is 16.0. The van der Waals surface area contributed by atoms with E-state index in [2.05, 4.69) is 99.6 Å². The Morgan fingerprint density at radius 3 is 2.12 bits per heavy atom. The SMILES string of the molecule is CC(C)(C)c1ccc2c(c1)c1cc(C(C)(C)C)c(-c3[c-]c(Oc4ccccn4)cc(-c4ccccc4)c3)nc1n2-c1ccccc1O.[Pt]. The van der Waals surface area contributed by atoms with Crippen molar-refractivity contribution in [2.75, 3.05) is 0 Å². The van der Waals surface area contributed by atoms with Gasteiger partial charge in [-0.15, -0.1) is 11.6 Å². The molecular formula is C42H38N3O2Pt-. The number of hydrogen-bond donors (Lipinski definition) is 1. The molecule has 3 heterocycles. The van der Waals surface area contributed by atoms with Gasteiger partial charge < -0.3 is 9.84 Å². The molecular weight excluding hydrogens is 774 g/mol. The minimum absolute atomic E-state index is 0. The van der Waals surface area contributed by atoms with Crippen molar-refractivity contribution in [1.29, 1.82) is 0 Å². The van der Waals surface area contributed by atoms with Gasteiger partial charge in [0, 0.05) is 49.9 Å². The Bertz CT molecular complexity index is 2250. The summed E-state index contributed by atoms with van der Waals surface area (Å²) in [4.78, 5) is 9.88. The topological polar surface area (TPSA) is 60.2 Å². The largest absolute Gasteiger partial charge is 0.506 e. The molecule has 0 aliphatic rings. The Balaban J connectivity index is 0.00000401. The van der Waals surface area contributed by atoms with Gasteiger partial charge >= 0.3 is 0 Å². The van der Waals surface area contributed by atoms with Crippen LogP contribution in [-0.2, 0) is 31.9 Å². The summed E-state index contributed by atoms with van der Waals surface area (Å²) in [5.41, 5.74) is 8.15. The molecule has 0 unspecified atom stereocenters. The number of phenols is 1. The number of fused-ring (bicyclic) bond motifs is 3. The van der Waals surface area contributed by atoms with E-state index in [9.17, 15) is 5.11 Å². The Morgan fingerprint density at radius 1 is 0.708 bits per heavy atom. The second-order valence-electron chi connectivity index (χ2n) is 14.1. The number of aromatic nitrogens is 3. The molecule has 0 radical (unpaired) electrons. The van der Waals surface area contributed by atoms with Crippen molar-refractivity contribution in [3.8, 4) is 45.5 Å². The summed E-state index contributed by atoms with van der Waals surface area (Å²) in [6.07, 6.45) is 1.72. The first-order valence-electron chi connectivity index (χ1n) is 16.0. The second-order valence-corrected chi connectivity index (χ2v) is 14.1. The molecule has 244 valence electrons. The fraction of sp³-hybridized carbons (Fsp3) is 0.190. The average Bonchev–Trinajstić information content (AvgIpc) is 3.37. The number of pyridine rings is 2. The molecule has 0 saturated heterocycles. The molecule has 0 atom stereocenters. The fourth-order valence-electron chi connectivity index (χ4n) is 6.12. The molecule has 7 aromatic rings. The molecule has 7 rings (SSSR count). The minimum Gasteiger partial charge on any atom is -0.506 e. The van der Waals surface area contributed by atoms with Gasteiger partial charge in [-0.2, -0.15) is 0 Å². The van der Waals surface area contributed by atoms with E-state index in [-0.39, 0.29) is 37.6 Å². The summed E-state index contributed by atoms with van der Waals surface area (Å²) in [6, 6.07) is 39.9. The van der Waals surface area contributed by atoms with Gasteiger partial charge in [-0.1, -0.05) is 125 Å². The van der Waals surface area contributed by atoms with Gasteiger partial charge in [0.1, 0.15) is 11.4 Å². The van der Waals surface area contributed by atoms with Crippen LogP contribution in [0.4, 0.5) is 0 Å². The van der Waals surface area contributed by atoms with E-state index in [1.54, 1.807) is 12.3 Å². The van der Waals surface area contributed by atoms with Crippen LogP contribution < -0.4 is 4.74 Å². The van der Waals surface area contributed by atoms with E-state index < -0.39 is 0 Å². The molecule has 0 amide bonds. The van der Waals surface area contributed by atoms with Crippen LogP contribution in [0, 0.1) is 6.07 Å². The van der Waals surface area contributed by atoms with Gasteiger partial charge in [0.2, 0.25) is 5.88 Å².